The summed E-state index contributed by atoms with van der Waals surface area (Å²) in [6.07, 6.45) is 2.03. The predicted octanol–water partition coefficient (Wildman–Crippen LogP) is 4.54. The molecule has 0 fully saturated rings. The number of hydrogen-bond acceptors (Lipinski definition) is 4. The average Bonchev–Trinajstić information content (AvgIpc) is 2.81. The third-order valence-electron chi connectivity index (χ3n) is 5.05. The van der Waals surface area contributed by atoms with Gasteiger partial charge in [-0.15, -0.1) is 0 Å². The molecule has 1 heterocycles. The van der Waals surface area contributed by atoms with E-state index < -0.39 is 0 Å². The van der Waals surface area contributed by atoms with Gasteiger partial charge in [-0.3, -0.25) is 4.79 Å². The van der Waals surface area contributed by atoms with Crippen LogP contribution >= 0.6 is 0 Å². The van der Waals surface area contributed by atoms with Crippen molar-refractivity contribution in [1.82, 2.24) is 0 Å². The number of carbonyl (C=O) groups excluding carboxylic acids is 1. The van der Waals surface area contributed by atoms with Crippen molar-refractivity contribution in [2.45, 2.75) is 12.8 Å². The lowest BCUT2D eigenvalue weighted by molar-refractivity contribution is -0.117. The number of anilines is 2. The summed E-state index contributed by atoms with van der Waals surface area (Å²) in [5.74, 6) is 1.64. The van der Waals surface area contributed by atoms with Crippen molar-refractivity contribution in [3.8, 4) is 11.5 Å². The minimum atomic E-state index is 0.0738. The molecule has 0 saturated carbocycles. The van der Waals surface area contributed by atoms with E-state index in [4.69, 9.17) is 9.47 Å². The van der Waals surface area contributed by atoms with Crippen molar-refractivity contribution in [3.63, 3.8) is 0 Å². The van der Waals surface area contributed by atoms with Crippen LogP contribution in [0, 0.1) is 0 Å². The molecule has 0 aromatic heterocycles. The molecule has 3 aromatic rings. The minimum absolute atomic E-state index is 0.0738. The number of amides is 1. The summed E-state index contributed by atoms with van der Waals surface area (Å²) in [6.45, 7) is 1.92. The van der Waals surface area contributed by atoms with Crippen LogP contribution in [0.2, 0.25) is 0 Å². The van der Waals surface area contributed by atoms with Gasteiger partial charge < -0.3 is 19.7 Å². The van der Waals surface area contributed by atoms with Crippen LogP contribution in [0.15, 0.2) is 78.9 Å². The fourth-order valence-electron chi connectivity index (χ4n) is 3.60. The largest absolute Gasteiger partial charge is 0.490 e. The highest BCUT2D eigenvalue weighted by Gasteiger charge is 2.21. The van der Waals surface area contributed by atoms with Gasteiger partial charge in [-0.05, 0) is 48.7 Å². The second kappa shape index (κ2) is 9.83. The molecule has 0 saturated heterocycles. The third-order valence-corrected chi connectivity index (χ3v) is 5.05. The number of rotatable bonds is 8. The molecule has 0 spiro atoms. The first-order chi connectivity index (χ1) is 14.8. The third kappa shape index (κ3) is 5.11. The van der Waals surface area contributed by atoms with E-state index in [0.29, 0.717) is 13.2 Å². The zero-order valence-corrected chi connectivity index (χ0v) is 16.9. The summed E-state index contributed by atoms with van der Waals surface area (Å²) in [7, 11) is 0. The number of ether oxygens (including phenoxy) is 2. The standard InChI is InChI=1S/C25H26N2O3/c28-25(27-15-7-9-20-8-4-5-14-24(20)27)19-26-21-10-6-13-23(18-21)30-17-16-29-22-11-2-1-3-12-22/h1-6,8,10-14,18,26H,7,9,15-17,19H2. The average molecular weight is 402 g/mol. The van der Waals surface area contributed by atoms with Crippen molar-refractivity contribution in [2.75, 3.05) is 36.5 Å². The zero-order valence-electron chi connectivity index (χ0n) is 16.9. The molecule has 154 valence electrons. The van der Waals surface area contributed by atoms with Gasteiger partial charge in [-0.1, -0.05) is 42.5 Å². The first-order valence-corrected chi connectivity index (χ1v) is 10.3. The van der Waals surface area contributed by atoms with Crippen LogP contribution in [-0.2, 0) is 11.2 Å². The Bertz CT molecular complexity index is 975. The summed E-state index contributed by atoms with van der Waals surface area (Å²) >= 11 is 0. The molecule has 3 aromatic carbocycles. The van der Waals surface area contributed by atoms with E-state index in [1.54, 1.807) is 0 Å². The Morgan fingerprint density at radius 1 is 0.867 bits per heavy atom. The van der Waals surface area contributed by atoms with Gasteiger partial charge in [0.05, 0.1) is 6.54 Å². The molecule has 30 heavy (non-hydrogen) atoms. The molecule has 1 N–H and O–H groups in total. The molecule has 1 aliphatic heterocycles. The highest BCUT2D eigenvalue weighted by molar-refractivity contribution is 5.97. The topological polar surface area (TPSA) is 50.8 Å². The molecule has 0 radical (unpaired) electrons. The molecule has 5 heteroatoms. The molecule has 5 nitrogen and oxygen atoms in total. The number of carbonyl (C=O) groups is 1. The SMILES string of the molecule is O=C(CNc1cccc(OCCOc2ccccc2)c1)N1CCCc2ccccc21. The summed E-state index contributed by atoms with van der Waals surface area (Å²) < 4.78 is 11.4. The van der Waals surface area contributed by atoms with Gasteiger partial charge in [-0.25, -0.2) is 0 Å². The van der Waals surface area contributed by atoms with Gasteiger partial charge in [-0.2, -0.15) is 0 Å². The fraction of sp³-hybridized carbons (Fsp3) is 0.240. The monoisotopic (exact) mass is 402 g/mol. The van der Waals surface area contributed by atoms with Gasteiger partial charge in [0.1, 0.15) is 24.7 Å². The van der Waals surface area contributed by atoms with Crippen molar-refractivity contribution >= 4 is 17.3 Å². The molecule has 0 bridgehead atoms. The minimum Gasteiger partial charge on any atom is -0.490 e. The quantitative estimate of drug-likeness (QED) is 0.562. The van der Waals surface area contributed by atoms with Crippen molar-refractivity contribution < 1.29 is 14.3 Å². The van der Waals surface area contributed by atoms with Gasteiger partial charge in [0.2, 0.25) is 5.91 Å². The number of benzene rings is 3. The molecule has 0 atom stereocenters. The summed E-state index contributed by atoms with van der Waals surface area (Å²) in [4.78, 5) is 14.7. The first-order valence-electron chi connectivity index (χ1n) is 10.3. The van der Waals surface area contributed by atoms with E-state index in [1.807, 2.05) is 77.7 Å². The number of aryl methyl sites for hydroxylation is 1. The Hall–Kier alpha value is -3.47. The Kier molecular flexibility index (Phi) is 6.50. The van der Waals surface area contributed by atoms with Crippen LogP contribution in [0.4, 0.5) is 11.4 Å². The Labute approximate surface area is 177 Å². The van der Waals surface area contributed by atoms with Crippen molar-refractivity contribution in [1.29, 1.82) is 0 Å². The number of nitrogens with zero attached hydrogens (tertiary/aromatic N) is 1. The number of para-hydroxylation sites is 2. The number of hydrogen-bond donors (Lipinski definition) is 1. The highest BCUT2D eigenvalue weighted by Crippen LogP contribution is 2.27. The Morgan fingerprint density at radius 2 is 1.60 bits per heavy atom. The molecule has 1 amide bonds. The molecule has 0 unspecified atom stereocenters. The Balaban J connectivity index is 1.27. The number of fused-ring (bicyclic) bond motifs is 1. The van der Waals surface area contributed by atoms with E-state index in [0.717, 1.165) is 42.3 Å². The van der Waals surface area contributed by atoms with Crippen LogP contribution < -0.4 is 19.7 Å². The maximum Gasteiger partial charge on any atom is 0.246 e. The lowest BCUT2D eigenvalue weighted by atomic mass is 10.0. The van der Waals surface area contributed by atoms with E-state index in [2.05, 4.69) is 11.4 Å². The zero-order chi connectivity index (χ0) is 20.6. The van der Waals surface area contributed by atoms with E-state index in [-0.39, 0.29) is 12.5 Å². The smallest absolute Gasteiger partial charge is 0.246 e. The van der Waals surface area contributed by atoms with Gasteiger partial charge in [0.25, 0.3) is 0 Å². The lowest BCUT2D eigenvalue weighted by Gasteiger charge is -2.29. The molecular formula is C25H26N2O3. The van der Waals surface area contributed by atoms with Crippen molar-refractivity contribution in [3.05, 3.63) is 84.4 Å². The van der Waals surface area contributed by atoms with E-state index in [1.165, 1.54) is 5.56 Å². The molecular weight excluding hydrogens is 376 g/mol. The first kappa shape index (κ1) is 19.8. The summed E-state index contributed by atoms with van der Waals surface area (Å²) in [5, 5.41) is 3.23. The van der Waals surface area contributed by atoms with Gasteiger partial charge in [0, 0.05) is 24.0 Å². The highest BCUT2D eigenvalue weighted by atomic mass is 16.5. The fourth-order valence-corrected chi connectivity index (χ4v) is 3.60. The molecule has 4 rings (SSSR count). The van der Waals surface area contributed by atoms with Crippen LogP contribution in [-0.4, -0.2) is 32.2 Å². The predicted molar refractivity (Wildman–Crippen MR) is 119 cm³/mol. The van der Waals surface area contributed by atoms with Crippen LogP contribution in [0.25, 0.3) is 0 Å². The normalized spacial score (nSPS) is 12.7. The Morgan fingerprint density at radius 3 is 2.47 bits per heavy atom. The molecule has 0 aliphatic carbocycles. The lowest BCUT2D eigenvalue weighted by Crippen LogP contribution is -2.39. The van der Waals surface area contributed by atoms with Crippen LogP contribution in [0.3, 0.4) is 0 Å². The van der Waals surface area contributed by atoms with Crippen LogP contribution in [0.1, 0.15) is 12.0 Å². The van der Waals surface area contributed by atoms with Crippen LogP contribution in [0.5, 0.6) is 11.5 Å². The summed E-state index contributed by atoms with van der Waals surface area (Å²) in [6, 6.07) is 25.5. The van der Waals surface area contributed by atoms with E-state index >= 15 is 0 Å². The van der Waals surface area contributed by atoms with E-state index in [9.17, 15) is 4.79 Å². The maximum absolute atomic E-state index is 12.8. The van der Waals surface area contributed by atoms with Crippen molar-refractivity contribution in [2.24, 2.45) is 0 Å². The van der Waals surface area contributed by atoms with Gasteiger partial charge in [0.15, 0.2) is 0 Å². The second-order valence-corrected chi connectivity index (χ2v) is 7.17. The second-order valence-electron chi connectivity index (χ2n) is 7.17. The molecule has 1 aliphatic rings. The summed E-state index contributed by atoms with van der Waals surface area (Å²) in [5.41, 5.74) is 3.13. The van der Waals surface area contributed by atoms with Gasteiger partial charge >= 0.3 is 0 Å². The maximum atomic E-state index is 12.8. The number of nitrogens with one attached hydrogen (secondary N) is 1.